The molecule has 2 fully saturated rings. The van der Waals surface area contributed by atoms with E-state index in [-0.39, 0.29) is 67.7 Å². The number of urea groups is 2. The van der Waals surface area contributed by atoms with Gasteiger partial charge in [0.05, 0.1) is 0 Å². The van der Waals surface area contributed by atoms with Gasteiger partial charge in [0.2, 0.25) is 0 Å². The molecule has 332 valence electrons. The Hall–Kier alpha value is -7.17. The molecule has 61 heavy (non-hydrogen) atoms. The number of carboxylic acid groups (broad SMARTS) is 6. The SMILES string of the molecule is [N-]=[N+]=Nc1cc(C(=O)N2CCC(CC(NC(=O)NC(CCC(=O)O)C(=O)O)C(=O)O)CC2)cc(C(=O)N2CCC(C[C@H](NC(=O)NC(CCC(=O)O)C(=O)O)C(=O)O)CC2)c1. The van der Waals surface area contributed by atoms with Gasteiger partial charge in [-0.2, -0.15) is 0 Å². The summed E-state index contributed by atoms with van der Waals surface area (Å²) in [5.74, 6) is -9.96. The van der Waals surface area contributed by atoms with Crippen molar-refractivity contribution in [3.8, 4) is 0 Å². The van der Waals surface area contributed by atoms with Gasteiger partial charge in [0.25, 0.3) is 11.8 Å². The molecule has 0 saturated carbocycles. The van der Waals surface area contributed by atoms with E-state index in [4.69, 9.17) is 15.7 Å². The molecule has 1 aromatic carbocycles. The summed E-state index contributed by atoms with van der Waals surface area (Å²) in [6.07, 6.45) is -0.835. The van der Waals surface area contributed by atoms with Crippen LogP contribution >= 0.6 is 0 Å². The number of hydrogen-bond acceptors (Lipinski definition) is 11. The topological polar surface area (TPSA) is 395 Å². The van der Waals surface area contributed by atoms with Crippen LogP contribution in [0.1, 0.15) is 84.9 Å². The van der Waals surface area contributed by atoms with Crippen molar-refractivity contribution < 1.29 is 78.6 Å². The minimum Gasteiger partial charge on any atom is -0.481 e. The van der Waals surface area contributed by atoms with Crippen molar-refractivity contribution in [2.45, 2.75) is 88.4 Å². The number of nitrogens with one attached hydrogen (secondary N) is 4. The molecule has 0 aliphatic carbocycles. The van der Waals surface area contributed by atoms with Crippen LogP contribution in [0.4, 0.5) is 15.3 Å². The van der Waals surface area contributed by atoms with Gasteiger partial charge >= 0.3 is 47.9 Å². The molecular formula is C36H47N9O16. The van der Waals surface area contributed by atoms with Gasteiger partial charge in [-0.15, -0.1) is 0 Å². The Morgan fingerprint density at radius 3 is 1.20 bits per heavy atom. The van der Waals surface area contributed by atoms with Crippen molar-refractivity contribution in [3.63, 3.8) is 0 Å². The van der Waals surface area contributed by atoms with E-state index in [9.17, 15) is 68.4 Å². The van der Waals surface area contributed by atoms with Gasteiger partial charge in [-0.25, -0.2) is 28.8 Å². The molecule has 3 unspecified atom stereocenters. The van der Waals surface area contributed by atoms with E-state index < -0.39 is 110 Å². The van der Waals surface area contributed by atoms with Crippen LogP contribution in [0.25, 0.3) is 10.4 Å². The first-order valence-corrected chi connectivity index (χ1v) is 19.0. The maximum absolute atomic E-state index is 13.7. The van der Waals surface area contributed by atoms with Crippen molar-refractivity contribution >= 4 is 65.4 Å². The third kappa shape index (κ3) is 15.5. The van der Waals surface area contributed by atoms with E-state index in [1.54, 1.807) is 0 Å². The Morgan fingerprint density at radius 1 is 0.574 bits per heavy atom. The van der Waals surface area contributed by atoms with Crippen molar-refractivity contribution in [3.05, 3.63) is 39.8 Å². The lowest BCUT2D eigenvalue weighted by Crippen LogP contribution is -2.52. The lowest BCUT2D eigenvalue weighted by Gasteiger charge is -2.34. The summed E-state index contributed by atoms with van der Waals surface area (Å²) in [5, 5.41) is 67.8. The van der Waals surface area contributed by atoms with Gasteiger partial charge in [0, 0.05) is 60.7 Å². The van der Waals surface area contributed by atoms with Crippen LogP contribution in [0, 0.1) is 11.8 Å². The number of carbonyl (C=O) groups excluding carboxylic acids is 4. The minimum atomic E-state index is -1.57. The number of nitrogens with zero attached hydrogens (tertiary/aromatic N) is 5. The molecule has 0 spiro atoms. The number of piperidine rings is 2. The zero-order valence-electron chi connectivity index (χ0n) is 32.6. The Morgan fingerprint density at radius 2 is 0.902 bits per heavy atom. The lowest BCUT2D eigenvalue weighted by molar-refractivity contribution is -0.142. The molecule has 10 N–H and O–H groups in total. The molecule has 4 atom stereocenters. The lowest BCUT2D eigenvalue weighted by atomic mass is 9.89. The monoisotopic (exact) mass is 861 g/mol. The molecule has 1 aromatic rings. The van der Waals surface area contributed by atoms with Crippen LogP contribution < -0.4 is 21.3 Å². The highest BCUT2D eigenvalue weighted by Crippen LogP contribution is 2.28. The number of rotatable bonds is 21. The third-order valence-electron chi connectivity index (χ3n) is 10.2. The molecule has 2 saturated heterocycles. The predicted molar refractivity (Wildman–Crippen MR) is 205 cm³/mol. The second kappa shape index (κ2) is 22.8. The summed E-state index contributed by atoms with van der Waals surface area (Å²) in [4.78, 5) is 126. The fourth-order valence-corrected chi connectivity index (χ4v) is 6.95. The zero-order chi connectivity index (χ0) is 45.4. The molecule has 25 heteroatoms. The number of likely N-dealkylation sites (tertiary alicyclic amines) is 2. The van der Waals surface area contributed by atoms with Gasteiger partial charge in [0.1, 0.15) is 24.2 Å². The van der Waals surface area contributed by atoms with Crippen LogP contribution in [0.3, 0.4) is 0 Å². The number of benzene rings is 1. The largest absolute Gasteiger partial charge is 0.481 e. The highest BCUT2D eigenvalue weighted by Gasteiger charge is 2.33. The standard InChI is InChI=1S/C36H47N9O16/c37-43-42-22-16-20(29(50)44-9-5-18(6-10-44)13-25(33(56)57)40-35(60)38-23(31(52)53)1-3-27(46)47)15-21(17-22)30(51)45-11-7-19(8-12-45)14-26(34(58)59)41-36(61)39-24(32(54)55)2-4-28(48)49/h15-19,23-26H,1-14H2,(H,46,47)(H,48,49)(H,52,53)(H,54,55)(H,56,57)(H,58,59)(H2,38,40,60)(H2,39,41,61)/t23?,24?,25-,26?/m0/s1. The second-order valence-corrected chi connectivity index (χ2v) is 14.6. The third-order valence-corrected chi connectivity index (χ3v) is 10.2. The van der Waals surface area contributed by atoms with Gasteiger partial charge in [-0.3, -0.25) is 19.2 Å². The molecule has 2 aliphatic rings. The van der Waals surface area contributed by atoms with Crippen molar-refractivity contribution in [1.29, 1.82) is 0 Å². The first-order valence-electron chi connectivity index (χ1n) is 19.0. The van der Waals surface area contributed by atoms with E-state index in [0.717, 1.165) is 0 Å². The van der Waals surface area contributed by atoms with E-state index in [0.29, 0.717) is 25.7 Å². The summed E-state index contributed by atoms with van der Waals surface area (Å²) in [6, 6.07) is -4.27. The Labute approximate surface area is 346 Å². The number of azide groups is 1. The molecule has 3 rings (SSSR count). The Kier molecular flexibility index (Phi) is 18.0. The first kappa shape index (κ1) is 48.2. The fourth-order valence-electron chi connectivity index (χ4n) is 6.95. The number of hydrogen-bond donors (Lipinski definition) is 10. The summed E-state index contributed by atoms with van der Waals surface area (Å²) in [5.41, 5.74) is 9.15. The number of aliphatic carboxylic acids is 6. The first-order chi connectivity index (χ1) is 28.8. The van der Waals surface area contributed by atoms with Crippen LogP contribution in [0.5, 0.6) is 0 Å². The quantitative estimate of drug-likeness (QED) is 0.0472. The predicted octanol–water partition coefficient (Wildman–Crippen LogP) is 1.25. The molecule has 0 radical (unpaired) electrons. The van der Waals surface area contributed by atoms with Gasteiger partial charge in [0.15, 0.2) is 0 Å². The van der Waals surface area contributed by atoms with Crippen LogP contribution in [-0.2, 0) is 28.8 Å². The summed E-state index contributed by atoms with van der Waals surface area (Å²) < 4.78 is 0. The van der Waals surface area contributed by atoms with E-state index in [1.807, 2.05) is 0 Å². The smallest absolute Gasteiger partial charge is 0.326 e. The van der Waals surface area contributed by atoms with Crippen LogP contribution in [0.2, 0.25) is 0 Å². The molecule has 0 aromatic heterocycles. The fraction of sp³-hybridized carbons (Fsp3) is 0.556. The van der Waals surface area contributed by atoms with Gasteiger partial charge < -0.3 is 61.7 Å². The molecule has 2 heterocycles. The van der Waals surface area contributed by atoms with Crippen molar-refractivity contribution in [2.24, 2.45) is 17.0 Å². The Balaban J connectivity index is 1.59. The molecule has 2 aliphatic heterocycles. The maximum atomic E-state index is 13.7. The summed E-state index contributed by atoms with van der Waals surface area (Å²) in [6.45, 7) is 0.609. The average Bonchev–Trinajstić information content (AvgIpc) is 3.20. The molecule has 25 nitrogen and oxygen atoms in total. The number of carboxylic acids is 6. The van der Waals surface area contributed by atoms with Crippen LogP contribution in [0.15, 0.2) is 23.3 Å². The van der Waals surface area contributed by atoms with E-state index in [1.165, 1.54) is 28.0 Å². The summed E-state index contributed by atoms with van der Waals surface area (Å²) in [7, 11) is 0. The van der Waals surface area contributed by atoms with Gasteiger partial charge in [-0.1, -0.05) is 5.11 Å². The zero-order valence-corrected chi connectivity index (χ0v) is 32.6. The Bertz CT molecular complexity index is 1780. The highest BCUT2D eigenvalue weighted by atomic mass is 16.4. The highest BCUT2D eigenvalue weighted by molar-refractivity contribution is 6.01. The molecular weight excluding hydrogens is 814 g/mol. The van der Waals surface area contributed by atoms with Crippen molar-refractivity contribution in [2.75, 3.05) is 26.2 Å². The normalized spacial score (nSPS) is 16.3. The minimum absolute atomic E-state index is 0.0232. The van der Waals surface area contributed by atoms with Crippen LogP contribution in [-0.4, -0.2) is 150 Å². The van der Waals surface area contributed by atoms with E-state index >= 15 is 0 Å². The molecule has 6 amide bonds. The average molecular weight is 862 g/mol. The second-order valence-electron chi connectivity index (χ2n) is 14.6. The van der Waals surface area contributed by atoms with Crippen molar-refractivity contribution in [1.82, 2.24) is 31.1 Å². The van der Waals surface area contributed by atoms with Gasteiger partial charge in [-0.05, 0) is 86.9 Å². The number of carbonyl (C=O) groups is 10. The van der Waals surface area contributed by atoms with E-state index in [2.05, 4.69) is 31.3 Å². The summed E-state index contributed by atoms with van der Waals surface area (Å²) >= 11 is 0. The number of amides is 6. The maximum Gasteiger partial charge on any atom is 0.326 e. The molecule has 0 bridgehead atoms.